The van der Waals surface area contributed by atoms with Crippen LogP contribution in [0.25, 0.3) is 0 Å². The predicted octanol–water partition coefficient (Wildman–Crippen LogP) is 4.17. The van der Waals surface area contributed by atoms with Crippen LogP contribution in [0, 0.1) is 5.92 Å². The minimum atomic E-state index is -0.248. The van der Waals surface area contributed by atoms with Gasteiger partial charge >= 0.3 is 0 Å². The first-order valence-corrected chi connectivity index (χ1v) is 6.60. The van der Waals surface area contributed by atoms with Gasteiger partial charge in [-0.2, -0.15) is 0 Å². The molecule has 0 bridgehead atoms. The molecule has 0 aliphatic heterocycles. The highest BCUT2D eigenvalue weighted by Crippen LogP contribution is 2.35. The molecule has 0 amide bonds. The standard InChI is InChI=1S/C13H21BrO/c1-3-4-5-6-13(15)11-9-10(2)7-8-12(11)14/h3,10,13,15H,1,4-9H2,2H3. The third-order valence-electron chi connectivity index (χ3n) is 3.06. The topological polar surface area (TPSA) is 20.2 Å². The van der Waals surface area contributed by atoms with Crippen LogP contribution in [0.4, 0.5) is 0 Å². The average Bonchev–Trinajstić information content (AvgIpc) is 2.22. The summed E-state index contributed by atoms with van der Waals surface area (Å²) in [4.78, 5) is 0. The lowest BCUT2D eigenvalue weighted by Gasteiger charge is -2.25. The summed E-state index contributed by atoms with van der Waals surface area (Å²) in [5.41, 5.74) is 1.23. The van der Waals surface area contributed by atoms with E-state index in [1.807, 2.05) is 6.08 Å². The average molecular weight is 273 g/mol. The van der Waals surface area contributed by atoms with Gasteiger partial charge in [-0.15, -0.1) is 6.58 Å². The molecule has 1 rings (SSSR count). The summed E-state index contributed by atoms with van der Waals surface area (Å²) in [6.45, 7) is 5.95. The fraction of sp³-hybridized carbons (Fsp3) is 0.692. The Kier molecular flexibility index (Phi) is 5.62. The van der Waals surface area contributed by atoms with Crippen molar-refractivity contribution in [1.29, 1.82) is 0 Å². The highest BCUT2D eigenvalue weighted by Gasteiger charge is 2.21. The Morgan fingerprint density at radius 2 is 2.40 bits per heavy atom. The Balaban J connectivity index is 2.49. The molecule has 0 aromatic carbocycles. The molecular weight excluding hydrogens is 252 g/mol. The molecular formula is C13H21BrO. The number of hydrogen-bond donors (Lipinski definition) is 1. The summed E-state index contributed by atoms with van der Waals surface area (Å²) in [5, 5.41) is 10.1. The quantitative estimate of drug-likeness (QED) is 0.588. The smallest absolute Gasteiger partial charge is 0.0761 e. The molecule has 1 aliphatic rings. The zero-order chi connectivity index (χ0) is 11.3. The molecule has 2 atom stereocenters. The van der Waals surface area contributed by atoms with Gasteiger partial charge in [-0.3, -0.25) is 0 Å². The van der Waals surface area contributed by atoms with Gasteiger partial charge in [0.25, 0.3) is 0 Å². The van der Waals surface area contributed by atoms with Crippen molar-refractivity contribution in [2.75, 3.05) is 0 Å². The van der Waals surface area contributed by atoms with E-state index in [4.69, 9.17) is 0 Å². The molecule has 0 aromatic heterocycles. The first kappa shape index (κ1) is 13.0. The zero-order valence-electron chi connectivity index (χ0n) is 9.51. The van der Waals surface area contributed by atoms with Gasteiger partial charge in [-0.05, 0) is 54.5 Å². The highest BCUT2D eigenvalue weighted by molar-refractivity contribution is 9.11. The molecule has 0 saturated heterocycles. The van der Waals surface area contributed by atoms with Gasteiger partial charge in [0.15, 0.2) is 0 Å². The number of allylic oxidation sites excluding steroid dienone is 2. The van der Waals surface area contributed by atoms with E-state index in [1.54, 1.807) is 0 Å². The molecule has 0 saturated carbocycles. The van der Waals surface area contributed by atoms with Gasteiger partial charge in [-0.1, -0.05) is 28.9 Å². The maximum Gasteiger partial charge on any atom is 0.0761 e. The van der Waals surface area contributed by atoms with Crippen molar-refractivity contribution >= 4 is 15.9 Å². The Morgan fingerprint density at radius 3 is 3.07 bits per heavy atom. The van der Waals surface area contributed by atoms with Crippen LogP contribution in [-0.2, 0) is 0 Å². The van der Waals surface area contributed by atoms with Crippen molar-refractivity contribution in [2.24, 2.45) is 5.92 Å². The van der Waals surface area contributed by atoms with E-state index in [1.165, 1.54) is 16.5 Å². The third kappa shape index (κ3) is 4.12. The van der Waals surface area contributed by atoms with E-state index in [2.05, 4.69) is 29.4 Å². The van der Waals surface area contributed by atoms with E-state index in [9.17, 15) is 5.11 Å². The molecule has 1 nitrogen and oxygen atoms in total. The van der Waals surface area contributed by atoms with Gasteiger partial charge in [0.05, 0.1) is 6.10 Å². The second kappa shape index (κ2) is 6.49. The van der Waals surface area contributed by atoms with Crippen LogP contribution >= 0.6 is 15.9 Å². The molecule has 0 radical (unpaired) electrons. The molecule has 15 heavy (non-hydrogen) atoms. The lowest BCUT2D eigenvalue weighted by molar-refractivity contribution is 0.186. The van der Waals surface area contributed by atoms with Gasteiger partial charge in [0.1, 0.15) is 0 Å². The van der Waals surface area contributed by atoms with Crippen molar-refractivity contribution in [3.8, 4) is 0 Å². The Morgan fingerprint density at radius 1 is 1.67 bits per heavy atom. The number of aliphatic hydroxyl groups excluding tert-OH is 1. The minimum absolute atomic E-state index is 0.248. The van der Waals surface area contributed by atoms with Crippen LogP contribution in [0.3, 0.4) is 0 Å². The first-order valence-electron chi connectivity index (χ1n) is 5.81. The number of halogens is 1. The molecule has 86 valence electrons. The largest absolute Gasteiger partial charge is 0.389 e. The fourth-order valence-electron chi connectivity index (χ4n) is 2.07. The van der Waals surface area contributed by atoms with Gasteiger partial charge < -0.3 is 5.11 Å². The van der Waals surface area contributed by atoms with E-state index >= 15 is 0 Å². The van der Waals surface area contributed by atoms with Crippen LogP contribution in [0.2, 0.25) is 0 Å². The van der Waals surface area contributed by atoms with Crippen LogP contribution in [0.15, 0.2) is 22.7 Å². The Bertz CT molecular complexity index is 245. The van der Waals surface area contributed by atoms with Crippen LogP contribution in [0.5, 0.6) is 0 Å². The zero-order valence-corrected chi connectivity index (χ0v) is 11.1. The molecule has 2 heteroatoms. The van der Waals surface area contributed by atoms with Crippen molar-refractivity contribution in [1.82, 2.24) is 0 Å². The monoisotopic (exact) mass is 272 g/mol. The third-order valence-corrected chi connectivity index (χ3v) is 3.97. The summed E-state index contributed by atoms with van der Waals surface area (Å²) in [7, 11) is 0. The second-order valence-electron chi connectivity index (χ2n) is 4.51. The maximum atomic E-state index is 10.1. The molecule has 0 fully saturated rings. The Hall–Kier alpha value is -0.0800. The molecule has 1 aliphatic carbocycles. The molecule has 2 unspecified atom stereocenters. The van der Waals surface area contributed by atoms with E-state index < -0.39 is 0 Å². The van der Waals surface area contributed by atoms with Crippen LogP contribution < -0.4 is 0 Å². The van der Waals surface area contributed by atoms with Crippen molar-refractivity contribution < 1.29 is 5.11 Å². The summed E-state index contributed by atoms with van der Waals surface area (Å²) in [6, 6.07) is 0. The molecule has 0 heterocycles. The predicted molar refractivity (Wildman–Crippen MR) is 69.0 cm³/mol. The van der Waals surface area contributed by atoms with E-state index in [0.29, 0.717) is 0 Å². The van der Waals surface area contributed by atoms with Gasteiger partial charge in [-0.25, -0.2) is 0 Å². The Labute approximate surface area is 101 Å². The van der Waals surface area contributed by atoms with Crippen LogP contribution in [0.1, 0.15) is 45.4 Å². The summed E-state index contributed by atoms with van der Waals surface area (Å²) in [6.07, 6.45) is 7.94. The number of aliphatic hydroxyl groups is 1. The normalized spacial score (nSPS) is 24.1. The first-order chi connectivity index (χ1) is 7.15. The minimum Gasteiger partial charge on any atom is -0.389 e. The second-order valence-corrected chi connectivity index (χ2v) is 5.47. The number of hydrogen-bond acceptors (Lipinski definition) is 1. The van der Waals surface area contributed by atoms with E-state index in [0.717, 1.165) is 38.0 Å². The molecule has 0 spiro atoms. The van der Waals surface area contributed by atoms with Crippen molar-refractivity contribution in [3.63, 3.8) is 0 Å². The van der Waals surface area contributed by atoms with Gasteiger partial charge in [0, 0.05) is 0 Å². The van der Waals surface area contributed by atoms with E-state index in [-0.39, 0.29) is 6.10 Å². The van der Waals surface area contributed by atoms with Crippen molar-refractivity contribution in [3.05, 3.63) is 22.7 Å². The summed E-state index contributed by atoms with van der Waals surface area (Å²) in [5.74, 6) is 0.718. The fourth-order valence-corrected chi connectivity index (χ4v) is 2.72. The highest BCUT2D eigenvalue weighted by atomic mass is 79.9. The summed E-state index contributed by atoms with van der Waals surface area (Å²) >= 11 is 3.59. The molecule has 0 aromatic rings. The lowest BCUT2D eigenvalue weighted by Crippen LogP contribution is -2.17. The van der Waals surface area contributed by atoms with Crippen LogP contribution in [-0.4, -0.2) is 11.2 Å². The van der Waals surface area contributed by atoms with Crippen molar-refractivity contribution in [2.45, 2.75) is 51.6 Å². The molecule has 1 N–H and O–H groups in total. The maximum absolute atomic E-state index is 10.1. The van der Waals surface area contributed by atoms with Gasteiger partial charge in [0.2, 0.25) is 0 Å². The number of rotatable bonds is 5. The summed E-state index contributed by atoms with van der Waals surface area (Å²) < 4.78 is 1.24. The SMILES string of the molecule is C=CCCCC(O)C1=C(Br)CCC(C)C1. The number of unbranched alkanes of at least 4 members (excludes halogenated alkanes) is 1. The lowest BCUT2D eigenvalue weighted by atomic mass is 9.86.